The van der Waals surface area contributed by atoms with Crippen molar-refractivity contribution in [3.63, 3.8) is 0 Å². The molecule has 0 unspecified atom stereocenters. The molecule has 2 aromatic rings. The van der Waals surface area contributed by atoms with E-state index in [4.69, 9.17) is 9.47 Å². The highest BCUT2D eigenvalue weighted by Crippen LogP contribution is 2.18. The average molecular weight is 384 g/mol. The van der Waals surface area contributed by atoms with Crippen LogP contribution in [0, 0.1) is 0 Å². The van der Waals surface area contributed by atoms with Crippen LogP contribution in [-0.4, -0.2) is 18.6 Å². The standard InChI is InChI=1S/C24H33NO3/c1-4-6-7-8-9-18-27-22-16-12-21(13-17-22)25-24(26)19(3)28-23-14-10-20(5-2)11-15-23/h10-17,19H,4-9,18H2,1-3H3,(H,25,26)/t19-/m1/s1. The Morgan fingerprint density at radius 1 is 0.893 bits per heavy atom. The first-order valence-corrected chi connectivity index (χ1v) is 10.4. The van der Waals surface area contributed by atoms with E-state index in [0.29, 0.717) is 5.75 Å². The maximum Gasteiger partial charge on any atom is 0.265 e. The molecule has 2 rings (SSSR count). The first-order chi connectivity index (χ1) is 13.6. The average Bonchev–Trinajstić information content (AvgIpc) is 2.72. The predicted octanol–water partition coefficient (Wildman–Crippen LogP) is 6.00. The summed E-state index contributed by atoms with van der Waals surface area (Å²) in [5.41, 5.74) is 1.98. The van der Waals surface area contributed by atoms with E-state index in [0.717, 1.165) is 30.9 Å². The molecule has 0 spiro atoms. The number of hydrogen-bond acceptors (Lipinski definition) is 3. The topological polar surface area (TPSA) is 47.6 Å². The van der Waals surface area contributed by atoms with E-state index in [1.165, 1.54) is 31.2 Å². The molecule has 2 aromatic carbocycles. The molecule has 4 heteroatoms. The fourth-order valence-corrected chi connectivity index (χ4v) is 2.84. The minimum absolute atomic E-state index is 0.177. The summed E-state index contributed by atoms with van der Waals surface area (Å²) in [6, 6.07) is 15.3. The van der Waals surface area contributed by atoms with Gasteiger partial charge in [-0.1, -0.05) is 51.7 Å². The largest absolute Gasteiger partial charge is 0.494 e. The number of rotatable bonds is 12. The van der Waals surface area contributed by atoms with Crippen LogP contribution >= 0.6 is 0 Å². The summed E-state index contributed by atoms with van der Waals surface area (Å²) in [5, 5.41) is 2.88. The van der Waals surface area contributed by atoms with Crippen molar-refractivity contribution in [3.05, 3.63) is 54.1 Å². The summed E-state index contributed by atoms with van der Waals surface area (Å²) in [4.78, 5) is 12.4. The SMILES string of the molecule is CCCCCCCOc1ccc(NC(=O)[C@@H](C)Oc2ccc(CC)cc2)cc1. The van der Waals surface area contributed by atoms with Gasteiger partial charge in [-0.05, 0) is 61.7 Å². The van der Waals surface area contributed by atoms with Gasteiger partial charge in [-0.25, -0.2) is 0 Å². The second-order valence-electron chi connectivity index (χ2n) is 7.03. The first kappa shape index (κ1) is 21.8. The van der Waals surface area contributed by atoms with Crippen LogP contribution in [0.3, 0.4) is 0 Å². The summed E-state index contributed by atoms with van der Waals surface area (Å²) in [5.74, 6) is 1.35. The van der Waals surface area contributed by atoms with Crippen LogP contribution in [0.2, 0.25) is 0 Å². The predicted molar refractivity (Wildman–Crippen MR) is 115 cm³/mol. The molecule has 4 nitrogen and oxygen atoms in total. The maximum absolute atomic E-state index is 12.4. The number of benzene rings is 2. The third-order valence-corrected chi connectivity index (χ3v) is 4.65. The van der Waals surface area contributed by atoms with E-state index < -0.39 is 6.10 Å². The number of aryl methyl sites for hydroxylation is 1. The van der Waals surface area contributed by atoms with Gasteiger partial charge in [0.15, 0.2) is 6.10 Å². The van der Waals surface area contributed by atoms with Crippen molar-refractivity contribution in [3.8, 4) is 11.5 Å². The second-order valence-corrected chi connectivity index (χ2v) is 7.03. The number of unbranched alkanes of at least 4 members (excludes halogenated alkanes) is 4. The Morgan fingerprint density at radius 3 is 2.18 bits per heavy atom. The van der Waals surface area contributed by atoms with E-state index in [9.17, 15) is 4.79 Å². The molecule has 28 heavy (non-hydrogen) atoms. The van der Waals surface area contributed by atoms with Crippen molar-refractivity contribution in [1.82, 2.24) is 0 Å². The van der Waals surface area contributed by atoms with E-state index >= 15 is 0 Å². The van der Waals surface area contributed by atoms with Crippen molar-refractivity contribution in [2.24, 2.45) is 0 Å². The number of carbonyl (C=O) groups is 1. The molecule has 0 aromatic heterocycles. The van der Waals surface area contributed by atoms with Gasteiger partial charge in [-0.15, -0.1) is 0 Å². The van der Waals surface area contributed by atoms with Crippen molar-refractivity contribution < 1.29 is 14.3 Å². The highest BCUT2D eigenvalue weighted by molar-refractivity contribution is 5.94. The van der Waals surface area contributed by atoms with Gasteiger partial charge in [0.1, 0.15) is 11.5 Å². The van der Waals surface area contributed by atoms with Crippen LogP contribution in [0.15, 0.2) is 48.5 Å². The van der Waals surface area contributed by atoms with Crippen LogP contribution in [0.25, 0.3) is 0 Å². The van der Waals surface area contributed by atoms with Gasteiger partial charge in [0, 0.05) is 5.69 Å². The second kappa shape index (κ2) is 12.1. The van der Waals surface area contributed by atoms with Crippen LogP contribution < -0.4 is 14.8 Å². The third kappa shape index (κ3) is 7.63. The van der Waals surface area contributed by atoms with Crippen molar-refractivity contribution in [1.29, 1.82) is 0 Å². The highest BCUT2D eigenvalue weighted by Gasteiger charge is 2.15. The van der Waals surface area contributed by atoms with Gasteiger partial charge >= 0.3 is 0 Å². The molecular formula is C24H33NO3. The molecule has 0 aliphatic heterocycles. The molecule has 1 amide bonds. The lowest BCUT2D eigenvalue weighted by Crippen LogP contribution is -2.30. The van der Waals surface area contributed by atoms with Gasteiger partial charge in [-0.3, -0.25) is 4.79 Å². The zero-order valence-electron chi connectivity index (χ0n) is 17.4. The molecule has 0 radical (unpaired) electrons. The van der Waals surface area contributed by atoms with Gasteiger partial charge in [0.05, 0.1) is 6.61 Å². The van der Waals surface area contributed by atoms with Crippen molar-refractivity contribution in [2.75, 3.05) is 11.9 Å². The quantitative estimate of drug-likeness (QED) is 0.457. The smallest absolute Gasteiger partial charge is 0.265 e. The number of carbonyl (C=O) groups excluding carboxylic acids is 1. The van der Waals surface area contributed by atoms with Gasteiger partial charge in [-0.2, -0.15) is 0 Å². The monoisotopic (exact) mass is 383 g/mol. The lowest BCUT2D eigenvalue weighted by Gasteiger charge is -2.15. The Morgan fingerprint density at radius 2 is 1.54 bits per heavy atom. The first-order valence-electron chi connectivity index (χ1n) is 10.4. The molecule has 1 N–H and O–H groups in total. The van der Waals surface area contributed by atoms with E-state index in [1.807, 2.05) is 48.5 Å². The normalized spacial score (nSPS) is 11.7. The molecule has 0 fully saturated rings. The Bertz CT molecular complexity index is 695. The number of anilines is 1. The summed E-state index contributed by atoms with van der Waals surface area (Å²) in [6.45, 7) is 6.80. The Kier molecular flexibility index (Phi) is 9.40. The minimum atomic E-state index is -0.577. The summed E-state index contributed by atoms with van der Waals surface area (Å²) in [6.07, 6.45) is 6.51. The third-order valence-electron chi connectivity index (χ3n) is 4.65. The van der Waals surface area contributed by atoms with Crippen molar-refractivity contribution >= 4 is 11.6 Å². The fourth-order valence-electron chi connectivity index (χ4n) is 2.84. The zero-order valence-corrected chi connectivity index (χ0v) is 17.4. The Labute approximate surface area is 169 Å². The number of hydrogen-bond donors (Lipinski definition) is 1. The Balaban J connectivity index is 1.74. The summed E-state index contributed by atoms with van der Waals surface area (Å²) in [7, 11) is 0. The van der Waals surface area contributed by atoms with Gasteiger partial charge in [0.25, 0.3) is 5.91 Å². The molecule has 0 saturated heterocycles. The van der Waals surface area contributed by atoms with Gasteiger partial charge in [0.2, 0.25) is 0 Å². The number of ether oxygens (including phenoxy) is 2. The maximum atomic E-state index is 12.4. The molecule has 152 valence electrons. The van der Waals surface area contributed by atoms with E-state index in [1.54, 1.807) is 6.92 Å². The van der Waals surface area contributed by atoms with Crippen LogP contribution in [0.4, 0.5) is 5.69 Å². The van der Waals surface area contributed by atoms with Crippen molar-refractivity contribution in [2.45, 2.75) is 65.4 Å². The summed E-state index contributed by atoms with van der Waals surface area (Å²) < 4.78 is 11.5. The lowest BCUT2D eigenvalue weighted by molar-refractivity contribution is -0.122. The molecular weight excluding hydrogens is 350 g/mol. The summed E-state index contributed by atoms with van der Waals surface area (Å²) >= 11 is 0. The van der Waals surface area contributed by atoms with E-state index in [2.05, 4.69) is 19.2 Å². The molecule has 0 bridgehead atoms. The molecule has 0 aliphatic rings. The molecule has 0 heterocycles. The lowest BCUT2D eigenvalue weighted by atomic mass is 10.2. The number of nitrogens with one attached hydrogen (secondary N) is 1. The molecule has 0 aliphatic carbocycles. The van der Waals surface area contributed by atoms with Crippen LogP contribution in [-0.2, 0) is 11.2 Å². The molecule has 1 atom stereocenters. The number of amides is 1. The molecule has 0 saturated carbocycles. The fraction of sp³-hybridized carbons (Fsp3) is 0.458. The van der Waals surface area contributed by atoms with E-state index in [-0.39, 0.29) is 5.91 Å². The Hall–Kier alpha value is -2.49. The van der Waals surface area contributed by atoms with Gasteiger partial charge < -0.3 is 14.8 Å². The van der Waals surface area contributed by atoms with Crippen LogP contribution in [0.5, 0.6) is 11.5 Å². The van der Waals surface area contributed by atoms with Crippen LogP contribution in [0.1, 0.15) is 58.4 Å². The minimum Gasteiger partial charge on any atom is -0.494 e. The zero-order chi connectivity index (χ0) is 20.2. The highest BCUT2D eigenvalue weighted by atomic mass is 16.5.